The normalized spacial score (nSPS) is 26.3. The fourth-order valence-corrected chi connectivity index (χ4v) is 2.08. The van der Waals surface area contributed by atoms with Gasteiger partial charge in [0.15, 0.2) is 0 Å². The van der Waals surface area contributed by atoms with Crippen LogP contribution in [-0.4, -0.2) is 30.5 Å². The van der Waals surface area contributed by atoms with Crippen molar-refractivity contribution >= 4 is 0 Å². The van der Waals surface area contributed by atoms with E-state index in [0.29, 0.717) is 0 Å². The number of nitrogens with two attached hydrogens (primary N) is 1. The molecule has 6 heteroatoms. The van der Waals surface area contributed by atoms with Crippen molar-refractivity contribution in [2.75, 3.05) is 13.2 Å². The summed E-state index contributed by atoms with van der Waals surface area (Å²) in [6.07, 6.45) is -1.04. The van der Waals surface area contributed by atoms with Gasteiger partial charge >= 0.3 is 0 Å². The molecule has 0 bridgehead atoms. The number of hydrogen-bond acceptors (Lipinski definition) is 3. The average Bonchev–Trinajstić information content (AvgIpc) is 2.74. The van der Waals surface area contributed by atoms with Gasteiger partial charge < -0.3 is 15.6 Å². The molecule has 0 aromatic heterocycles. The van der Waals surface area contributed by atoms with E-state index in [1.807, 2.05) is 0 Å². The molecule has 1 aromatic rings. The van der Waals surface area contributed by atoms with Crippen LogP contribution in [0.25, 0.3) is 0 Å². The number of ether oxygens (including phenoxy) is 1. The lowest BCUT2D eigenvalue weighted by Crippen LogP contribution is -2.48. The summed E-state index contributed by atoms with van der Waals surface area (Å²) in [7, 11) is 0. The summed E-state index contributed by atoms with van der Waals surface area (Å²) >= 11 is 0. The Bertz CT molecular complexity index is 428. The second-order valence-electron chi connectivity index (χ2n) is 4.40. The van der Waals surface area contributed by atoms with Crippen LogP contribution < -0.4 is 5.73 Å². The number of alkyl halides is 2. The predicted molar refractivity (Wildman–Crippen MR) is 58.6 cm³/mol. The maximum atomic E-state index is 14.1. The summed E-state index contributed by atoms with van der Waals surface area (Å²) in [6, 6.07) is 2.91. The Labute approximate surface area is 102 Å². The van der Waals surface area contributed by atoms with Crippen LogP contribution in [0.1, 0.15) is 5.56 Å². The van der Waals surface area contributed by atoms with Crippen LogP contribution >= 0.6 is 0 Å². The first-order valence-electron chi connectivity index (χ1n) is 5.59. The molecule has 0 amide bonds. The molecule has 3 nitrogen and oxygen atoms in total. The Morgan fingerprint density at radius 2 is 2.00 bits per heavy atom. The smallest absolute Gasteiger partial charge is 0.291 e. The molecule has 3 atom stereocenters. The van der Waals surface area contributed by atoms with Gasteiger partial charge in [-0.25, -0.2) is 4.39 Å². The Morgan fingerprint density at radius 3 is 2.56 bits per heavy atom. The standard InChI is InChI=1S/C12H14F3NO2/c13-9-4-2-1-3-8(9)12(14,15)11(16)7-5-18-6-10(7)17/h1-4,7,10-11,17H,5-6,16H2/t7-,10+,11?/m0/s1. The zero-order chi connectivity index (χ0) is 13.3. The number of halogens is 3. The van der Waals surface area contributed by atoms with E-state index < -0.39 is 35.4 Å². The Balaban J connectivity index is 2.27. The number of aliphatic hydroxyl groups is 1. The van der Waals surface area contributed by atoms with E-state index in [1.54, 1.807) is 0 Å². The maximum Gasteiger partial charge on any atom is 0.291 e. The molecule has 100 valence electrons. The molecule has 1 aliphatic heterocycles. The van der Waals surface area contributed by atoms with Crippen LogP contribution in [0.2, 0.25) is 0 Å². The second kappa shape index (κ2) is 4.87. The highest BCUT2D eigenvalue weighted by Crippen LogP contribution is 2.37. The fraction of sp³-hybridized carbons (Fsp3) is 0.500. The van der Waals surface area contributed by atoms with Gasteiger partial charge in [-0.15, -0.1) is 0 Å². The molecule has 0 radical (unpaired) electrons. The third-order valence-electron chi connectivity index (χ3n) is 3.21. The number of benzene rings is 1. The number of aliphatic hydroxyl groups excluding tert-OH is 1. The van der Waals surface area contributed by atoms with Gasteiger partial charge in [-0.05, 0) is 6.07 Å². The monoisotopic (exact) mass is 261 g/mol. The molecule has 1 heterocycles. The molecule has 1 fully saturated rings. The van der Waals surface area contributed by atoms with Gasteiger partial charge in [-0.2, -0.15) is 8.78 Å². The van der Waals surface area contributed by atoms with Crippen LogP contribution in [0.5, 0.6) is 0 Å². The van der Waals surface area contributed by atoms with Crippen LogP contribution in [-0.2, 0) is 10.7 Å². The first-order valence-corrected chi connectivity index (χ1v) is 5.59. The third kappa shape index (κ3) is 2.23. The third-order valence-corrected chi connectivity index (χ3v) is 3.21. The van der Waals surface area contributed by atoms with E-state index >= 15 is 0 Å². The molecule has 0 spiro atoms. The lowest BCUT2D eigenvalue weighted by atomic mass is 9.88. The largest absolute Gasteiger partial charge is 0.390 e. The van der Waals surface area contributed by atoms with Crippen molar-refractivity contribution in [2.24, 2.45) is 11.7 Å². The average molecular weight is 261 g/mol. The van der Waals surface area contributed by atoms with Crippen molar-refractivity contribution in [3.63, 3.8) is 0 Å². The van der Waals surface area contributed by atoms with Crippen LogP contribution in [0.4, 0.5) is 13.2 Å². The fourth-order valence-electron chi connectivity index (χ4n) is 2.08. The Kier molecular flexibility index (Phi) is 3.61. The Morgan fingerprint density at radius 1 is 1.33 bits per heavy atom. The van der Waals surface area contributed by atoms with Crippen LogP contribution in [0.15, 0.2) is 24.3 Å². The molecule has 3 N–H and O–H groups in total. The van der Waals surface area contributed by atoms with Gasteiger partial charge in [0.2, 0.25) is 0 Å². The molecule has 0 aliphatic carbocycles. The summed E-state index contributed by atoms with van der Waals surface area (Å²) in [6.45, 7) is -0.0713. The van der Waals surface area contributed by atoms with Gasteiger partial charge in [0.1, 0.15) is 5.82 Å². The molecule has 1 aromatic carbocycles. The SMILES string of the molecule is NC([C@H]1COC[C@H]1O)C(F)(F)c1ccccc1F. The van der Waals surface area contributed by atoms with Crippen molar-refractivity contribution in [3.05, 3.63) is 35.6 Å². The maximum absolute atomic E-state index is 14.1. The van der Waals surface area contributed by atoms with Gasteiger partial charge in [0.05, 0.1) is 30.9 Å². The molecule has 2 rings (SSSR count). The van der Waals surface area contributed by atoms with Crippen LogP contribution in [0, 0.1) is 11.7 Å². The minimum absolute atomic E-state index is 0.0221. The lowest BCUT2D eigenvalue weighted by molar-refractivity contribution is -0.0645. The predicted octanol–water partition coefficient (Wildman–Crippen LogP) is 1.25. The molecular formula is C12H14F3NO2. The lowest BCUT2D eigenvalue weighted by Gasteiger charge is -2.29. The first-order chi connectivity index (χ1) is 8.44. The molecular weight excluding hydrogens is 247 g/mol. The minimum atomic E-state index is -3.55. The van der Waals surface area contributed by atoms with Crippen molar-refractivity contribution in [3.8, 4) is 0 Å². The van der Waals surface area contributed by atoms with E-state index in [1.165, 1.54) is 12.1 Å². The van der Waals surface area contributed by atoms with Gasteiger partial charge in [0.25, 0.3) is 5.92 Å². The second-order valence-corrected chi connectivity index (χ2v) is 4.40. The summed E-state index contributed by atoms with van der Waals surface area (Å²) in [5.41, 5.74) is 4.74. The molecule has 0 saturated carbocycles. The van der Waals surface area contributed by atoms with Gasteiger partial charge in [0, 0.05) is 5.92 Å². The summed E-state index contributed by atoms with van der Waals surface area (Å²) in [5, 5.41) is 9.51. The molecule has 18 heavy (non-hydrogen) atoms. The minimum Gasteiger partial charge on any atom is -0.390 e. The van der Waals surface area contributed by atoms with Crippen LogP contribution in [0.3, 0.4) is 0 Å². The zero-order valence-corrected chi connectivity index (χ0v) is 9.52. The van der Waals surface area contributed by atoms with E-state index in [4.69, 9.17) is 10.5 Å². The number of rotatable bonds is 3. The highest BCUT2D eigenvalue weighted by atomic mass is 19.3. The number of hydrogen-bond donors (Lipinski definition) is 2. The molecule has 1 saturated heterocycles. The van der Waals surface area contributed by atoms with Gasteiger partial charge in [-0.3, -0.25) is 0 Å². The molecule has 1 unspecified atom stereocenters. The topological polar surface area (TPSA) is 55.5 Å². The highest BCUT2D eigenvalue weighted by molar-refractivity contribution is 5.24. The van der Waals surface area contributed by atoms with Gasteiger partial charge in [-0.1, -0.05) is 18.2 Å². The van der Waals surface area contributed by atoms with Crippen molar-refractivity contribution < 1.29 is 23.0 Å². The summed E-state index contributed by atoms with van der Waals surface area (Å²) in [5.74, 6) is -5.46. The quantitative estimate of drug-likeness (QED) is 0.861. The highest BCUT2D eigenvalue weighted by Gasteiger charge is 2.48. The van der Waals surface area contributed by atoms with Crippen molar-refractivity contribution in [2.45, 2.75) is 18.1 Å². The summed E-state index contributed by atoms with van der Waals surface area (Å²) in [4.78, 5) is 0. The first kappa shape index (κ1) is 13.3. The van der Waals surface area contributed by atoms with E-state index in [0.717, 1.165) is 12.1 Å². The van der Waals surface area contributed by atoms with E-state index in [9.17, 15) is 18.3 Å². The van der Waals surface area contributed by atoms with Crippen molar-refractivity contribution in [1.29, 1.82) is 0 Å². The Hall–Kier alpha value is -1.11. The van der Waals surface area contributed by atoms with E-state index in [2.05, 4.69) is 0 Å². The van der Waals surface area contributed by atoms with E-state index in [-0.39, 0.29) is 13.2 Å². The summed E-state index contributed by atoms with van der Waals surface area (Å²) < 4.78 is 46.5. The molecule has 1 aliphatic rings. The zero-order valence-electron chi connectivity index (χ0n) is 9.52. The van der Waals surface area contributed by atoms with Crippen molar-refractivity contribution in [1.82, 2.24) is 0 Å².